The van der Waals surface area contributed by atoms with Crippen molar-refractivity contribution in [2.75, 3.05) is 14.2 Å². The molecule has 2 aromatic carbocycles. The summed E-state index contributed by atoms with van der Waals surface area (Å²) in [6, 6.07) is 7.59. The molecular weight excluding hydrogens is 408 g/mol. The standard InChI is InChI=1S/C15H14ClFINO2/c1-20-13-6-9(11(17)7-14(13)21-2)15(19)8-3-4-12(18)10(16)5-8/h3-7,15H,19H2,1-2H3. The highest BCUT2D eigenvalue weighted by molar-refractivity contribution is 14.1. The third-order valence-electron chi connectivity index (χ3n) is 3.14. The fourth-order valence-electron chi connectivity index (χ4n) is 1.99. The van der Waals surface area contributed by atoms with Crippen LogP contribution in [0.3, 0.4) is 0 Å². The van der Waals surface area contributed by atoms with Gasteiger partial charge in [-0.1, -0.05) is 17.7 Å². The fraction of sp³-hybridized carbons (Fsp3) is 0.200. The molecular formula is C15H14ClFINO2. The van der Waals surface area contributed by atoms with Crippen molar-refractivity contribution < 1.29 is 13.9 Å². The van der Waals surface area contributed by atoms with E-state index in [1.165, 1.54) is 20.3 Å². The minimum absolute atomic E-state index is 0.324. The summed E-state index contributed by atoms with van der Waals surface area (Å²) < 4.78 is 25.4. The summed E-state index contributed by atoms with van der Waals surface area (Å²) in [6.45, 7) is 0. The zero-order chi connectivity index (χ0) is 15.6. The molecule has 112 valence electrons. The van der Waals surface area contributed by atoms with Gasteiger partial charge in [0, 0.05) is 15.2 Å². The lowest BCUT2D eigenvalue weighted by Crippen LogP contribution is -2.14. The minimum Gasteiger partial charge on any atom is -0.493 e. The van der Waals surface area contributed by atoms with Crippen molar-refractivity contribution in [1.82, 2.24) is 0 Å². The van der Waals surface area contributed by atoms with Crippen LogP contribution in [-0.2, 0) is 0 Å². The molecule has 0 aromatic heterocycles. The first kappa shape index (κ1) is 16.3. The quantitative estimate of drug-likeness (QED) is 0.755. The molecule has 0 fully saturated rings. The number of hydrogen-bond acceptors (Lipinski definition) is 3. The summed E-state index contributed by atoms with van der Waals surface area (Å²) in [7, 11) is 2.95. The normalized spacial score (nSPS) is 12.1. The summed E-state index contributed by atoms with van der Waals surface area (Å²) in [5, 5.41) is 0.587. The largest absolute Gasteiger partial charge is 0.493 e. The van der Waals surface area contributed by atoms with Crippen molar-refractivity contribution in [3.05, 3.63) is 55.9 Å². The number of halogens is 3. The smallest absolute Gasteiger partial charge is 0.163 e. The Morgan fingerprint density at radius 2 is 1.76 bits per heavy atom. The van der Waals surface area contributed by atoms with Gasteiger partial charge in [-0.05, 0) is 46.4 Å². The summed E-state index contributed by atoms with van der Waals surface area (Å²) in [4.78, 5) is 0. The second-order valence-corrected chi connectivity index (χ2v) is 5.95. The predicted octanol–water partition coefficient (Wildman–Crippen LogP) is 4.15. The highest BCUT2D eigenvalue weighted by Crippen LogP contribution is 2.34. The van der Waals surface area contributed by atoms with Crippen molar-refractivity contribution in [3.8, 4) is 11.5 Å². The van der Waals surface area contributed by atoms with Crippen molar-refractivity contribution in [2.24, 2.45) is 5.73 Å². The lowest BCUT2D eigenvalue weighted by Gasteiger charge is -2.17. The second kappa shape index (κ2) is 6.81. The fourth-order valence-corrected chi connectivity index (χ4v) is 2.52. The lowest BCUT2D eigenvalue weighted by molar-refractivity contribution is 0.351. The number of benzene rings is 2. The van der Waals surface area contributed by atoms with Gasteiger partial charge in [0.25, 0.3) is 0 Å². The van der Waals surface area contributed by atoms with Gasteiger partial charge in [-0.15, -0.1) is 0 Å². The van der Waals surface area contributed by atoms with Crippen LogP contribution in [0.4, 0.5) is 4.39 Å². The van der Waals surface area contributed by atoms with Gasteiger partial charge in [0.1, 0.15) is 5.82 Å². The highest BCUT2D eigenvalue weighted by atomic mass is 127. The molecule has 0 bridgehead atoms. The van der Waals surface area contributed by atoms with E-state index in [0.29, 0.717) is 22.1 Å². The predicted molar refractivity (Wildman–Crippen MR) is 89.7 cm³/mol. The Hall–Kier alpha value is -1.05. The Bertz CT molecular complexity index is 666. The molecule has 0 saturated heterocycles. The summed E-state index contributed by atoms with van der Waals surface area (Å²) >= 11 is 8.21. The van der Waals surface area contributed by atoms with Crippen LogP contribution < -0.4 is 15.2 Å². The molecule has 0 radical (unpaired) electrons. The lowest BCUT2D eigenvalue weighted by atomic mass is 9.98. The number of ether oxygens (including phenoxy) is 2. The van der Waals surface area contributed by atoms with Crippen molar-refractivity contribution >= 4 is 34.2 Å². The van der Waals surface area contributed by atoms with Gasteiger partial charge in [0.05, 0.1) is 25.3 Å². The van der Waals surface area contributed by atoms with Crippen LogP contribution in [0.2, 0.25) is 5.02 Å². The van der Waals surface area contributed by atoms with Crippen LogP contribution in [0, 0.1) is 9.39 Å². The van der Waals surface area contributed by atoms with Crippen LogP contribution in [0.1, 0.15) is 17.2 Å². The summed E-state index contributed by atoms with van der Waals surface area (Å²) in [6.07, 6.45) is 0. The molecule has 1 atom stereocenters. The average Bonchev–Trinajstić information content (AvgIpc) is 2.49. The Labute approximate surface area is 141 Å². The van der Waals surface area contributed by atoms with Crippen LogP contribution >= 0.6 is 34.2 Å². The molecule has 0 heterocycles. The van der Waals surface area contributed by atoms with E-state index in [1.807, 2.05) is 12.1 Å². The van der Waals surface area contributed by atoms with Crippen molar-refractivity contribution in [1.29, 1.82) is 0 Å². The number of hydrogen-bond donors (Lipinski definition) is 1. The van der Waals surface area contributed by atoms with Gasteiger partial charge < -0.3 is 15.2 Å². The van der Waals surface area contributed by atoms with E-state index in [4.69, 9.17) is 26.8 Å². The second-order valence-electron chi connectivity index (χ2n) is 4.38. The zero-order valence-electron chi connectivity index (χ0n) is 11.5. The van der Waals surface area contributed by atoms with E-state index < -0.39 is 11.9 Å². The molecule has 2 aromatic rings. The molecule has 2 N–H and O–H groups in total. The minimum atomic E-state index is -0.640. The van der Waals surface area contributed by atoms with E-state index >= 15 is 0 Å². The summed E-state index contributed by atoms with van der Waals surface area (Å²) in [5.41, 5.74) is 7.21. The average molecular weight is 422 g/mol. The molecule has 1 unspecified atom stereocenters. The van der Waals surface area contributed by atoms with Crippen molar-refractivity contribution in [3.63, 3.8) is 0 Å². The van der Waals surface area contributed by atoms with Gasteiger partial charge >= 0.3 is 0 Å². The Morgan fingerprint density at radius 3 is 2.33 bits per heavy atom. The van der Waals surface area contributed by atoms with E-state index in [0.717, 1.165) is 9.13 Å². The topological polar surface area (TPSA) is 44.5 Å². The molecule has 0 spiro atoms. The SMILES string of the molecule is COc1cc(F)c(C(N)c2ccc(I)c(Cl)c2)cc1OC. The van der Waals surface area contributed by atoms with Crippen LogP contribution in [0.5, 0.6) is 11.5 Å². The molecule has 0 aliphatic carbocycles. The molecule has 0 aliphatic heterocycles. The monoisotopic (exact) mass is 421 g/mol. The van der Waals surface area contributed by atoms with Gasteiger partial charge in [-0.2, -0.15) is 0 Å². The van der Waals surface area contributed by atoms with Gasteiger partial charge in [-0.25, -0.2) is 4.39 Å². The van der Waals surface area contributed by atoms with Crippen LogP contribution in [-0.4, -0.2) is 14.2 Å². The molecule has 0 amide bonds. The first-order valence-electron chi connectivity index (χ1n) is 6.10. The van der Waals surface area contributed by atoms with Crippen LogP contribution in [0.15, 0.2) is 30.3 Å². The van der Waals surface area contributed by atoms with Gasteiger partial charge in [0.15, 0.2) is 11.5 Å². The third-order valence-corrected chi connectivity index (χ3v) is 4.71. The number of nitrogens with two attached hydrogens (primary N) is 1. The molecule has 0 aliphatic rings. The maximum Gasteiger partial charge on any atom is 0.163 e. The first-order valence-corrected chi connectivity index (χ1v) is 7.55. The summed E-state index contributed by atoms with van der Waals surface area (Å²) in [5.74, 6) is 0.308. The molecule has 2 rings (SSSR count). The molecule has 0 saturated carbocycles. The van der Waals surface area contributed by atoms with E-state index in [1.54, 1.807) is 12.1 Å². The van der Waals surface area contributed by atoms with Gasteiger partial charge in [-0.3, -0.25) is 0 Å². The van der Waals surface area contributed by atoms with Gasteiger partial charge in [0.2, 0.25) is 0 Å². The Balaban J connectivity index is 2.47. The molecule has 21 heavy (non-hydrogen) atoms. The Kier molecular flexibility index (Phi) is 5.29. The molecule has 6 heteroatoms. The number of methoxy groups -OCH3 is 2. The van der Waals surface area contributed by atoms with E-state index in [-0.39, 0.29) is 0 Å². The van der Waals surface area contributed by atoms with E-state index in [2.05, 4.69) is 22.6 Å². The zero-order valence-corrected chi connectivity index (χ0v) is 14.4. The van der Waals surface area contributed by atoms with Crippen molar-refractivity contribution in [2.45, 2.75) is 6.04 Å². The highest BCUT2D eigenvalue weighted by Gasteiger charge is 2.18. The molecule has 3 nitrogen and oxygen atoms in total. The third kappa shape index (κ3) is 3.41. The number of rotatable bonds is 4. The maximum absolute atomic E-state index is 14.2. The van der Waals surface area contributed by atoms with Crippen LogP contribution in [0.25, 0.3) is 0 Å². The van der Waals surface area contributed by atoms with E-state index in [9.17, 15) is 4.39 Å². The maximum atomic E-state index is 14.2. The first-order chi connectivity index (χ1) is 9.97. The Morgan fingerprint density at radius 1 is 1.14 bits per heavy atom.